The number of carbonyl (C=O) groups excluding carboxylic acids is 3. The number of nitrogens with zero attached hydrogens (tertiary/aromatic N) is 1. The van der Waals surface area contributed by atoms with Crippen LogP contribution in [-0.2, 0) is 30.4 Å². The van der Waals surface area contributed by atoms with Crippen LogP contribution in [0.2, 0.25) is 0 Å². The van der Waals surface area contributed by atoms with E-state index in [0.29, 0.717) is 6.42 Å². The third-order valence-corrected chi connectivity index (χ3v) is 4.89. The first-order chi connectivity index (χ1) is 15.4. The highest BCUT2D eigenvalue weighted by molar-refractivity contribution is 5.86. The highest BCUT2D eigenvalue weighted by Crippen LogP contribution is 2.18. The maximum absolute atomic E-state index is 13.1. The number of amides is 2. The number of hydrogen-bond donors (Lipinski definition) is 2. The molecule has 1 heterocycles. The van der Waals surface area contributed by atoms with Crippen LogP contribution in [0.25, 0.3) is 0 Å². The first kappa shape index (κ1) is 26.6. The molecule has 9 heteroatoms. The van der Waals surface area contributed by atoms with E-state index < -0.39 is 35.9 Å². The monoisotopic (exact) mass is 464 g/mol. The molecule has 9 nitrogen and oxygen atoms in total. The molecule has 3 atom stereocenters. The standard InChI is InChI=1S/C24H36N2O7/c1-16(2)11-18(25-23(30)32-14-17-9-7-6-8-10-17)22(29)26-12-19(27)20(13-26)31-15-21(28)33-24(3,4)5/h6-10,16,18-20,27H,11-15H2,1-5H3,(H,25,30)/t18-,19?,20?/m0/s1. The molecule has 33 heavy (non-hydrogen) atoms. The number of benzene rings is 1. The summed E-state index contributed by atoms with van der Waals surface area (Å²) in [5.41, 5.74) is 0.203. The van der Waals surface area contributed by atoms with Crippen molar-refractivity contribution in [2.45, 2.75) is 71.5 Å². The van der Waals surface area contributed by atoms with Gasteiger partial charge in [-0.1, -0.05) is 44.2 Å². The van der Waals surface area contributed by atoms with Gasteiger partial charge in [0.2, 0.25) is 5.91 Å². The van der Waals surface area contributed by atoms with Crippen LogP contribution in [0.5, 0.6) is 0 Å². The van der Waals surface area contributed by atoms with Gasteiger partial charge in [0, 0.05) is 13.1 Å². The molecule has 1 aliphatic heterocycles. The summed E-state index contributed by atoms with van der Waals surface area (Å²) < 4.78 is 16.0. The van der Waals surface area contributed by atoms with Crippen LogP contribution >= 0.6 is 0 Å². The molecule has 184 valence electrons. The van der Waals surface area contributed by atoms with E-state index in [0.717, 1.165) is 5.56 Å². The van der Waals surface area contributed by atoms with Crippen molar-refractivity contribution < 1.29 is 33.7 Å². The maximum atomic E-state index is 13.1. The summed E-state index contributed by atoms with van der Waals surface area (Å²) in [5.74, 6) is -0.733. The molecule has 0 aliphatic carbocycles. The lowest BCUT2D eigenvalue weighted by atomic mass is 10.0. The van der Waals surface area contributed by atoms with Gasteiger partial charge < -0.3 is 29.5 Å². The summed E-state index contributed by atoms with van der Waals surface area (Å²) in [6.45, 7) is 9.09. The zero-order valence-corrected chi connectivity index (χ0v) is 20.1. The van der Waals surface area contributed by atoms with Gasteiger partial charge in [0.15, 0.2) is 0 Å². The molecule has 2 unspecified atom stereocenters. The second kappa shape index (κ2) is 12.0. The van der Waals surface area contributed by atoms with Crippen LogP contribution < -0.4 is 5.32 Å². The Morgan fingerprint density at radius 1 is 1.15 bits per heavy atom. The minimum absolute atomic E-state index is 0.0488. The maximum Gasteiger partial charge on any atom is 0.408 e. The number of aliphatic hydroxyl groups excluding tert-OH is 1. The summed E-state index contributed by atoms with van der Waals surface area (Å²) in [5, 5.41) is 13.0. The van der Waals surface area contributed by atoms with E-state index in [1.54, 1.807) is 20.8 Å². The van der Waals surface area contributed by atoms with Gasteiger partial charge >= 0.3 is 12.1 Å². The molecule has 1 aliphatic rings. The van der Waals surface area contributed by atoms with E-state index in [1.165, 1.54) is 4.90 Å². The van der Waals surface area contributed by atoms with Gasteiger partial charge in [-0.3, -0.25) is 4.79 Å². The second-order valence-electron chi connectivity index (χ2n) is 9.63. The lowest BCUT2D eigenvalue weighted by Crippen LogP contribution is -2.49. The SMILES string of the molecule is CC(C)C[C@H](NC(=O)OCc1ccccc1)C(=O)N1CC(O)C(OCC(=O)OC(C)(C)C)C1. The fourth-order valence-electron chi connectivity index (χ4n) is 3.47. The molecule has 0 aromatic heterocycles. The number of hydrogen-bond acceptors (Lipinski definition) is 7. The lowest BCUT2D eigenvalue weighted by Gasteiger charge is -2.25. The minimum atomic E-state index is -0.943. The van der Waals surface area contributed by atoms with Crippen LogP contribution in [-0.4, -0.2) is 71.5 Å². The van der Waals surface area contributed by atoms with Gasteiger partial charge in [0.1, 0.15) is 31.0 Å². The van der Waals surface area contributed by atoms with Crippen molar-refractivity contribution in [2.75, 3.05) is 19.7 Å². The largest absolute Gasteiger partial charge is 0.458 e. The minimum Gasteiger partial charge on any atom is -0.458 e. The van der Waals surface area contributed by atoms with Crippen molar-refractivity contribution in [3.05, 3.63) is 35.9 Å². The fourth-order valence-corrected chi connectivity index (χ4v) is 3.47. The Morgan fingerprint density at radius 3 is 2.42 bits per heavy atom. The van der Waals surface area contributed by atoms with Gasteiger partial charge in [-0.2, -0.15) is 0 Å². The quantitative estimate of drug-likeness (QED) is 0.539. The first-order valence-corrected chi connectivity index (χ1v) is 11.2. The highest BCUT2D eigenvalue weighted by atomic mass is 16.6. The zero-order valence-electron chi connectivity index (χ0n) is 20.1. The second-order valence-corrected chi connectivity index (χ2v) is 9.63. The summed E-state index contributed by atoms with van der Waals surface area (Å²) >= 11 is 0. The summed E-state index contributed by atoms with van der Waals surface area (Å²) in [4.78, 5) is 38.7. The number of esters is 1. The van der Waals surface area contributed by atoms with Crippen LogP contribution in [0.4, 0.5) is 4.79 Å². The Kier molecular flexibility index (Phi) is 9.67. The molecule has 2 N–H and O–H groups in total. The van der Waals surface area contributed by atoms with Crippen molar-refractivity contribution in [1.29, 1.82) is 0 Å². The summed E-state index contributed by atoms with van der Waals surface area (Å²) in [6, 6.07) is 8.45. The van der Waals surface area contributed by atoms with Gasteiger partial charge in [0.25, 0.3) is 0 Å². The Bertz CT molecular complexity index is 792. The average molecular weight is 465 g/mol. The molecule has 2 amide bonds. The molecule has 1 saturated heterocycles. The summed E-state index contributed by atoms with van der Waals surface area (Å²) in [6.07, 6.45) is -1.93. The molecular formula is C24H36N2O7. The van der Waals surface area contributed by atoms with Crippen LogP contribution in [0.1, 0.15) is 46.6 Å². The van der Waals surface area contributed by atoms with E-state index in [4.69, 9.17) is 14.2 Å². The normalized spacial score (nSPS) is 19.3. The highest BCUT2D eigenvalue weighted by Gasteiger charge is 2.38. The number of aliphatic hydroxyl groups is 1. The van der Waals surface area contributed by atoms with Crippen LogP contribution in [0, 0.1) is 5.92 Å². The number of ether oxygens (including phenoxy) is 3. The molecular weight excluding hydrogens is 428 g/mol. The van der Waals surface area contributed by atoms with Crippen molar-refractivity contribution in [1.82, 2.24) is 10.2 Å². The number of carbonyl (C=O) groups is 3. The Labute approximate surface area is 195 Å². The van der Waals surface area contributed by atoms with Gasteiger partial charge in [-0.05, 0) is 38.7 Å². The van der Waals surface area contributed by atoms with Crippen molar-refractivity contribution in [3.63, 3.8) is 0 Å². The Hall–Kier alpha value is -2.65. The van der Waals surface area contributed by atoms with Crippen molar-refractivity contribution >= 4 is 18.0 Å². The van der Waals surface area contributed by atoms with E-state index in [2.05, 4.69) is 5.32 Å². The van der Waals surface area contributed by atoms with Crippen molar-refractivity contribution in [2.24, 2.45) is 5.92 Å². The Balaban J connectivity index is 1.90. The molecule has 1 aromatic rings. The number of β-amino-alcohol motifs (C(OH)–C–C–N with tert-alkyl or cyclic N) is 1. The lowest BCUT2D eigenvalue weighted by molar-refractivity contribution is -0.163. The predicted octanol–water partition coefficient (Wildman–Crippen LogP) is 2.26. The topological polar surface area (TPSA) is 114 Å². The molecule has 1 fully saturated rings. The molecule has 0 saturated carbocycles. The smallest absolute Gasteiger partial charge is 0.408 e. The number of likely N-dealkylation sites (tertiary alicyclic amines) is 1. The van der Waals surface area contributed by atoms with Crippen molar-refractivity contribution in [3.8, 4) is 0 Å². The number of alkyl carbamates (subject to hydrolysis) is 1. The van der Waals surface area contributed by atoms with Crippen LogP contribution in [0.3, 0.4) is 0 Å². The Morgan fingerprint density at radius 2 is 1.82 bits per heavy atom. The fraction of sp³-hybridized carbons (Fsp3) is 0.625. The van der Waals surface area contributed by atoms with E-state index >= 15 is 0 Å². The summed E-state index contributed by atoms with van der Waals surface area (Å²) in [7, 11) is 0. The third kappa shape index (κ3) is 9.39. The third-order valence-electron chi connectivity index (χ3n) is 4.89. The molecule has 2 rings (SSSR count). The molecule has 1 aromatic carbocycles. The van der Waals surface area contributed by atoms with E-state index in [1.807, 2.05) is 44.2 Å². The predicted molar refractivity (Wildman–Crippen MR) is 121 cm³/mol. The molecule has 0 radical (unpaired) electrons. The van der Waals surface area contributed by atoms with Gasteiger partial charge in [0.05, 0.1) is 6.10 Å². The number of rotatable bonds is 9. The average Bonchev–Trinajstić information content (AvgIpc) is 3.09. The molecule has 0 spiro atoms. The van der Waals surface area contributed by atoms with Gasteiger partial charge in [-0.25, -0.2) is 9.59 Å². The number of nitrogens with one attached hydrogen (secondary N) is 1. The zero-order chi connectivity index (χ0) is 24.6. The van der Waals surface area contributed by atoms with E-state index in [-0.39, 0.29) is 38.1 Å². The van der Waals surface area contributed by atoms with Gasteiger partial charge in [-0.15, -0.1) is 0 Å². The molecule has 0 bridgehead atoms. The van der Waals surface area contributed by atoms with E-state index in [9.17, 15) is 19.5 Å². The van der Waals surface area contributed by atoms with Crippen LogP contribution in [0.15, 0.2) is 30.3 Å². The first-order valence-electron chi connectivity index (χ1n) is 11.2.